The van der Waals surface area contributed by atoms with Gasteiger partial charge >= 0.3 is 0 Å². The van der Waals surface area contributed by atoms with Crippen LogP contribution >= 0.6 is 0 Å². The summed E-state index contributed by atoms with van der Waals surface area (Å²) in [5.41, 5.74) is 6.19. The van der Waals surface area contributed by atoms with Crippen LogP contribution in [0, 0.1) is 0 Å². The molecule has 0 aromatic carbocycles. The first-order valence-corrected chi connectivity index (χ1v) is 6.86. The first-order valence-electron chi connectivity index (χ1n) is 5.21. The average molecular weight is 245 g/mol. The summed E-state index contributed by atoms with van der Waals surface area (Å²) in [4.78, 5) is 0. The second-order valence-corrected chi connectivity index (χ2v) is 7.57. The van der Waals surface area contributed by atoms with E-state index in [0.29, 0.717) is 13.1 Å². The van der Waals surface area contributed by atoms with Crippen molar-refractivity contribution in [1.29, 1.82) is 0 Å². The summed E-state index contributed by atoms with van der Waals surface area (Å²) in [5, 5.41) is 4.14. The maximum Gasteiger partial charge on any atom is 0.157 e. The van der Waals surface area contributed by atoms with Crippen LogP contribution in [-0.4, -0.2) is 28.7 Å². The van der Waals surface area contributed by atoms with Crippen LogP contribution in [0.5, 0.6) is 0 Å². The molecule has 0 aliphatic rings. The number of hydrogen-bond donors (Lipinski definition) is 1. The Hall–Kier alpha value is -0.880. The minimum Gasteiger partial charge on any atom is -0.325 e. The van der Waals surface area contributed by atoms with Crippen LogP contribution < -0.4 is 5.73 Å². The molecule has 0 spiro atoms. The molecule has 0 fully saturated rings. The van der Waals surface area contributed by atoms with Crippen LogP contribution in [-0.2, 0) is 22.9 Å². The first-order chi connectivity index (χ1) is 7.26. The molecular formula is C10H19N3O2S. The van der Waals surface area contributed by atoms with Crippen LogP contribution in [0.15, 0.2) is 12.3 Å². The van der Waals surface area contributed by atoms with E-state index in [0.717, 1.165) is 5.69 Å². The molecule has 6 heteroatoms. The highest BCUT2D eigenvalue weighted by Crippen LogP contribution is 2.16. The van der Waals surface area contributed by atoms with Gasteiger partial charge in [-0.05, 0) is 26.8 Å². The molecule has 0 atom stereocenters. The SMILES string of the molecule is CC(C)(C)S(=O)(=O)CCn1ccc(CN)n1. The smallest absolute Gasteiger partial charge is 0.157 e. The van der Waals surface area contributed by atoms with Crippen molar-refractivity contribution in [3.05, 3.63) is 18.0 Å². The Morgan fingerprint density at radius 2 is 2.06 bits per heavy atom. The molecule has 1 aromatic heterocycles. The van der Waals surface area contributed by atoms with E-state index in [-0.39, 0.29) is 5.75 Å². The van der Waals surface area contributed by atoms with Crippen LogP contribution in [0.2, 0.25) is 0 Å². The third-order valence-corrected chi connectivity index (χ3v) is 5.01. The second kappa shape index (κ2) is 4.55. The highest BCUT2D eigenvalue weighted by molar-refractivity contribution is 7.92. The number of nitrogens with two attached hydrogens (primary N) is 1. The molecule has 1 aromatic rings. The molecule has 1 heterocycles. The molecule has 92 valence electrons. The van der Waals surface area contributed by atoms with E-state index in [4.69, 9.17) is 5.73 Å². The van der Waals surface area contributed by atoms with Crippen LogP contribution in [0.3, 0.4) is 0 Å². The molecule has 0 bridgehead atoms. The molecule has 5 nitrogen and oxygen atoms in total. The van der Waals surface area contributed by atoms with Gasteiger partial charge in [0.05, 0.1) is 22.7 Å². The Morgan fingerprint density at radius 1 is 1.44 bits per heavy atom. The van der Waals surface area contributed by atoms with E-state index in [9.17, 15) is 8.42 Å². The van der Waals surface area contributed by atoms with Crippen LogP contribution in [0.25, 0.3) is 0 Å². The third kappa shape index (κ3) is 3.05. The number of rotatable bonds is 4. The molecule has 2 N–H and O–H groups in total. The van der Waals surface area contributed by atoms with E-state index in [1.54, 1.807) is 37.7 Å². The molecule has 0 unspecified atom stereocenters. The van der Waals surface area contributed by atoms with Crippen molar-refractivity contribution in [2.45, 2.75) is 38.6 Å². The Balaban J connectivity index is 2.65. The summed E-state index contributed by atoms with van der Waals surface area (Å²) in [6.45, 7) is 5.86. The fourth-order valence-electron chi connectivity index (χ4n) is 1.16. The summed E-state index contributed by atoms with van der Waals surface area (Å²) in [6.07, 6.45) is 1.75. The number of aromatic nitrogens is 2. The summed E-state index contributed by atoms with van der Waals surface area (Å²) >= 11 is 0. The van der Waals surface area contributed by atoms with E-state index < -0.39 is 14.6 Å². The monoisotopic (exact) mass is 245 g/mol. The van der Waals surface area contributed by atoms with E-state index in [1.807, 2.05) is 0 Å². The van der Waals surface area contributed by atoms with Crippen molar-refractivity contribution in [3.63, 3.8) is 0 Å². The fourth-order valence-corrected chi connectivity index (χ4v) is 2.20. The summed E-state index contributed by atoms with van der Waals surface area (Å²) < 4.78 is 24.6. The highest BCUT2D eigenvalue weighted by Gasteiger charge is 2.28. The molecule has 1 rings (SSSR count). The van der Waals surface area contributed by atoms with Gasteiger partial charge in [0.15, 0.2) is 9.84 Å². The molecule has 0 amide bonds. The summed E-state index contributed by atoms with van der Waals surface area (Å²) in [5.74, 6) is 0.0994. The molecule has 16 heavy (non-hydrogen) atoms. The predicted octanol–water partition coefficient (Wildman–Crippen LogP) is 0.555. The van der Waals surface area contributed by atoms with Crippen molar-refractivity contribution in [3.8, 4) is 0 Å². The van der Waals surface area contributed by atoms with Gasteiger partial charge in [0.1, 0.15) is 0 Å². The second-order valence-electron chi connectivity index (χ2n) is 4.71. The Morgan fingerprint density at radius 3 is 2.50 bits per heavy atom. The molecule has 0 aliphatic heterocycles. The zero-order chi connectivity index (χ0) is 12.4. The van der Waals surface area contributed by atoms with Gasteiger partial charge < -0.3 is 5.73 Å². The van der Waals surface area contributed by atoms with Gasteiger partial charge in [-0.2, -0.15) is 5.10 Å². The van der Waals surface area contributed by atoms with Crippen molar-refractivity contribution >= 4 is 9.84 Å². The normalized spacial score (nSPS) is 13.0. The number of sulfone groups is 1. The quantitative estimate of drug-likeness (QED) is 0.840. The number of aryl methyl sites for hydroxylation is 1. The van der Waals surface area contributed by atoms with Crippen LogP contribution in [0.1, 0.15) is 26.5 Å². The third-order valence-electron chi connectivity index (χ3n) is 2.43. The molecule has 0 saturated carbocycles. The lowest BCUT2D eigenvalue weighted by atomic mass is 10.3. The van der Waals surface area contributed by atoms with Gasteiger partial charge in [-0.25, -0.2) is 8.42 Å². The van der Waals surface area contributed by atoms with Gasteiger partial charge in [0, 0.05) is 12.7 Å². The van der Waals surface area contributed by atoms with Gasteiger partial charge in [0.25, 0.3) is 0 Å². The lowest BCUT2D eigenvalue weighted by Crippen LogP contribution is -2.32. The maximum absolute atomic E-state index is 11.8. The highest BCUT2D eigenvalue weighted by atomic mass is 32.2. The van der Waals surface area contributed by atoms with Crippen molar-refractivity contribution in [2.75, 3.05) is 5.75 Å². The predicted molar refractivity (Wildman–Crippen MR) is 63.7 cm³/mol. The van der Waals surface area contributed by atoms with Crippen LogP contribution in [0.4, 0.5) is 0 Å². The summed E-state index contributed by atoms with van der Waals surface area (Å²) in [6, 6.07) is 1.80. The van der Waals surface area contributed by atoms with E-state index >= 15 is 0 Å². The molecule has 0 saturated heterocycles. The molecule has 0 radical (unpaired) electrons. The van der Waals surface area contributed by atoms with Gasteiger partial charge in [-0.3, -0.25) is 4.68 Å². The Labute approximate surface area is 96.6 Å². The van der Waals surface area contributed by atoms with Gasteiger partial charge in [-0.15, -0.1) is 0 Å². The standard InChI is InChI=1S/C10H19N3O2S/c1-10(2,3)16(14,15)7-6-13-5-4-9(8-11)12-13/h4-5H,6-8,11H2,1-3H3. The minimum absolute atomic E-state index is 0.0994. The fraction of sp³-hybridized carbons (Fsp3) is 0.700. The molecule has 0 aliphatic carbocycles. The van der Waals surface area contributed by atoms with Gasteiger partial charge in [-0.1, -0.05) is 0 Å². The zero-order valence-corrected chi connectivity index (χ0v) is 10.8. The van der Waals surface area contributed by atoms with Crippen molar-refractivity contribution < 1.29 is 8.42 Å². The lowest BCUT2D eigenvalue weighted by Gasteiger charge is -2.18. The van der Waals surface area contributed by atoms with Crippen molar-refractivity contribution in [2.24, 2.45) is 5.73 Å². The zero-order valence-electron chi connectivity index (χ0n) is 9.97. The van der Waals surface area contributed by atoms with E-state index in [1.165, 1.54) is 0 Å². The topological polar surface area (TPSA) is 78.0 Å². The average Bonchev–Trinajstić information content (AvgIpc) is 2.60. The Kier molecular flexibility index (Phi) is 3.75. The first kappa shape index (κ1) is 13.2. The largest absolute Gasteiger partial charge is 0.325 e. The minimum atomic E-state index is -3.09. The van der Waals surface area contributed by atoms with Gasteiger partial charge in [0.2, 0.25) is 0 Å². The maximum atomic E-state index is 11.8. The summed E-state index contributed by atoms with van der Waals surface area (Å²) in [7, 11) is -3.09. The molecular weight excluding hydrogens is 226 g/mol. The number of hydrogen-bond acceptors (Lipinski definition) is 4. The van der Waals surface area contributed by atoms with E-state index in [2.05, 4.69) is 5.10 Å². The Bertz CT molecular complexity index is 443. The lowest BCUT2D eigenvalue weighted by molar-refractivity contribution is 0.547. The van der Waals surface area contributed by atoms with Crippen molar-refractivity contribution in [1.82, 2.24) is 9.78 Å². The number of nitrogens with zero attached hydrogens (tertiary/aromatic N) is 2.